The molecule has 0 aromatic heterocycles. The topological polar surface area (TPSA) is 209 Å². The van der Waals surface area contributed by atoms with Gasteiger partial charge in [0.2, 0.25) is 0 Å². The Kier molecular flexibility index (Phi) is 28.9. The van der Waals surface area contributed by atoms with Crippen molar-refractivity contribution in [2.24, 2.45) is 0 Å². The third-order valence-electron chi connectivity index (χ3n) is 1.61. The van der Waals surface area contributed by atoms with E-state index in [2.05, 4.69) is 27.8 Å². The van der Waals surface area contributed by atoms with Gasteiger partial charge in [0.05, 0.1) is 0 Å². The molecule has 14 heteroatoms. The van der Waals surface area contributed by atoms with E-state index in [-0.39, 0.29) is 24.7 Å². The first-order valence-electron chi connectivity index (χ1n) is 5.65. The van der Waals surface area contributed by atoms with E-state index in [1.54, 1.807) is 0 Å². The molecular formula is C8H28ClN3O8S2. The highest BCUT2D eigenvalue weighted by Gasteiger charge is 2.13. The molecule has 0 aliphatic rings. The molecule has 9 N–H and O–H groups in total. The van der Waals surface area contributed by atoms with E-state index in [1.165, 1.54) is 38.8 Å². The lowest BCUT2D eigenvalue weighted by Crippen LogP contribution is -2.15. The first-order chi connectivity index (χ1) is 8.62. The van der Waals surface area contributed by atoms with Crippen LogP contribution in [0.15, 0.2) is 0 Å². The monoisotopic (exact) mass is 393 g/mol. The summed E-state index contributed by atoms with van der Waals surface area (Å²) in [7, 11) is -10.0. The van der Waals surface area contributed by atoms with Gasteiger partial charge >= 0.3 is 20.8 Å². The van der Waals surface area contributed by atoms with Crippen molar-refractivity contribution in [1.82, 2.24) is 17.6 Å². The summed E-state index contributed by atoms with van der Waals surface area (Å²) in [6.45, 7) is 6.86. The number of hydrogen-bond donors (Lipinski definition) is 5. The van der Waals surface area contributed by atoms with Gasteiger partial charge in [-0.2, -0.15) is 16.8 Å². The van der Waals surface area contributed by atoms with Crippen molar-refractivity contribution < 1.29 is 34.6 Å². The van der Waals surface area contributed by atoms with Gasteiger partial charge in [-0.3, -0.25) is 9.11 Å². The van der Waals surface area contributed by atoms with Gasteiger partial charge in [0.25, 0.3) is 0 Å². The molecule has 142 valence electrons. The SMILES string of the molecule is CCCCNCCCC.Cl.N.N.O=S(=O)(O)OOS(=O)(=O)O. The van der Waals surface area contributed by atoms with Crippen LogP contribution in [0.3, 0.4) is 0 Å². The Balaban J connectivity index is -0.0000000774. The quantitative estimate of drug-likeness (QED) is 0.164. The van der Waals surface area contributed by atoms with Crippen LogP contribution in [0.25, 0.3) is 0 Å². The molecule has 0 aromatic carbocycles. The number of hydrogen-bond acceptors (Lipinski definition) is 9. The first-order valence-corrected chi connectivity index (χ1v) is 8.38. The van der Waals surface area contributed by atoms with Crippen LogP contribution in [-0.2, 0) is 29.5 Å². The number of nitrogens with one attached hydrogen (secondary N) is 1. The highest BCUT2D eigenvalue weighted by atomic mass is 35.5. The maximum absolute atomic E-state index is 9.51. The zero-order chi connectivity index (χ0) is 15.4. The third-order valence-corrected chi connectivity index (χ3v) is 2.18. The van der Waals surface area contributed by atoms with Crippen molar-refractivity contribution in [3.8, 4) is 0 Å². The Bertz CT molecular complexity index is 366. The highest BCUT2D eigenvalue weighted by Crippen LogP contribution is 1.92. The lowest BCUT2D eigenvalue weighted by Gasteiger charge is -1.99. The fraction of sp³-hybridized carbons (Fsp3) is 1.00. The van der Waals surface area contributed by atoms with Gasteiger partial charge in [-0.25, -0.2) is 0 Å². The minimum absolute atomic E-state index is 0. The average Bonchev–Trinajstić information content (AvgIpc) is 2.26. The van der Waals surface area contributed by atoms with Crippen LogP contribution in [0.2, 0.25) is 0 Å². The van der Waals surface area contributed by atoms with Crippen LogP contribution in [0, 0.1) is 0 Å². The van der Waals surface area contributed by atoms with Crippen LogP contribution >= 0.6 is 12.4 Å². The molecule has 22 heavy (non-hydrogen) atoms. The summed E-state index contributed by atoms with van der Waals surface area (Å²) < 4.78 is 58.9. The van der Waals surface area contributed by atoms with Crippen LogP contribution in [0.1, 0.15) is 39.5 Å². The summed E-state index contributed by atoms with van der Waals surface area (Å²) in [5.74, 6) is 0. The van der Waals surface area contributed by atoms with Crippen molar-refractivity contribution in [2.75, 3.05) is 13.1 Å². The summed E-state index contributed by atoms with van der Waals surface area (Å²) in [5, 5.41) is 3.39. The van der Waals surface area contributed by atoms with Crippen LogP contribution in [0.4, 0.5) is 0 Å². The maximum Gasteiger partial charge on any atom is 0.425 e. The number of unbranched alkanes of at least 4 members (excludes halogenated alkanes) is 2. The smallest absolute Gasteiger partial charge is 0.344 e. The molecule has 0 unspecified atom stereocenters. The van der Waals surface area contributed by atoms with Gasteiger partial charge in [0, 0.05) is 0 Å². The molecule has 0 rings (SSSR count). The predicted molar refractivity (Wildman–Crippen MR) is 85.2 cm³/mol. The van der Waals surface area contributed by atoms with E-state index in [9.17, 15) is 16.8 Å². The molecule has 0 aromatic rings. The molecule has 0 bridgehead atoms. The molecule has 0 amide bonds. The van der Waals surface area contributed by atoms with Crippen LogP contribution < -0.4 is 17.6 Å². The summed E-state index contributed by atoms with van der Waals surface area (Å²) in [6.07, 6.45) is 5.26. The van der Waals surface area contributed by atoms with Gasteiger partial charge in [0.1, 0.15) is 0 Å². The van der Waals surface area contributed by atoms with E-state index in [0.29, 0.717) is 0 Å². The molecule has 0 saturated heterocycles. The molecule has 0 aliphatic heterocycles. The van der Waals surface area contributed by atoms with Gasteiger partial charge in [-0.1, -0.05) is 35.4 Å². The molecule has 0 aliphatic carbocycles. The second-order valence-electron chi connectivity index (χ2n) is 3.45. The first kappa shape index (κ1) is 33.5. The Morgan fingerprint density at radius 3 is 1.27 bits per heavy atom. The zero-order valence-corrected chi connectivity index (χ0v) is 15.2. The van der Waals surface area contributed by atoms with Crippen molar-refractivity contribution in [1.29, 1.82) is 0 Å². The Morgan fingerprint density at radius 2 is 1.09 bits per heavy atom. The normalized spacial score (nSPS) is 10.2. The minimum atomic E-state index is -5.02. The van der Waals surface area contributed by atoms with Crippen molar-refractivity contribution in [3.05, 3.63) is 0 Å². The van der Waals surface area contributed by atoms with Crippen molar-refractivity contribution in [3.63, 3.8) is 0 Å². The number of rotatable bonds is 9. The summed E-state index contributed by atoms with van der Waals surface area (Å²) >= 11 is 0. The van der Waals surface area contributed by atoms with E-state index >= 15 is 0 Å². The standard InChI is InChI=1S/C8H19N.ClH.2H3N.H2O8S2/c1-3-5-7-9-8-6-4-2;;;;1-9(2,3)7-8-10(4,5)6/h9H,3-8H2,1-2H3;1H;2*1H3;(H,1,2,3)(H,4,5,6). The van der Waals surface area contributed by atoms with E-state index < -0.39 is 20.8 Å². The fourth-order valence-electron chi connectivity index (χ4n) is 0.799. The van der Waals surface area contributed by atoms with Crippen molar-refractivity contribution in [2.45, 2.75) is 39.5 Å². The molecule has 0 fully saturated rings. The van der Waals surface area contributed by atoms with Gasteiger partial charge in [-0.15, -0.1) is 12.4 Å². The highest BCUT2D eigenvalue weighted by molar-refractivity contribution is 7.83. The van der Waals surface area contributed by atoms with E-state index in [4.69, 9.17) is 9.11 Å². The predicted octanol–water partition coefficient (Wildman–Crippen LogP) is 1.46. The Hall–Kier alpha value is -0.0900. The molecule has 11 nitrogen and oxygen atoms in total. The Morgan fingerprint density at radius 1 is 0.818 bits per heavy atom. The summed E-state index contributed by atoms with van der Waals surface area (Å²) in [4.78, 5) is 0. The molecule has 0 spiro atoms. The van der Waals surface area contributed by atoms with E-state index in [0.717, 1.165) is 0 Å². The van der Waals surface area contributed by atoms with Gasteiger partial charge < -0.3 is 17.6 Å². The van der Waals surface area contributed by atoms with Crippen LogP contribution in [-0.4, -0.2) is 39.0 Å². The summed E-state index contributed by atoms with van der Waals surface area (Å²) in [6, 6.07) is 0. The van der Waals surface area contributed by atoms with Crippen molar-refractivity contribution >= 4 is 33.2 Å². The second-order valence-corrected chi connectivity index (χ2v) is 5.43. The van der Waals surface area contributed by atoms with Crippen LogP contribution in [0.5, 0.6) is 0 Å². The maximum atomic E-state index is 9.51. The summed E-state index contributed by atoms with van der Waals surface area (Å²) in [5.41, 5.74) is 0. The minimum Gasteiger partial charge on any atom is -0.344 e. The molecule has 0 saturated carbocycles. The zero-order valence-electron chi connectivity index (χ0n) is 12.7. The van der Waals surface area contributed by atoms with Gasteiger partial charge in [-0.05, 0) is 25.9 Å². The lowest BCUT2D eigenvalue weighted by atomic mass is 10.3. The number of halogens is 1. The fourth-order valence-corrected chi connectivity index (χ4v) is 1.36. The van der Waals surface area contributed by atoms with E-state index in [1.807, 2.05) is 0 Å². The molecule has 0 atom stereocenters. The molecular weight excluding hydrogens is 366 g/mol. The average molecular weight is 394 g/mol. The lowest BCUT2D eigenvalue weighted by molar-refractivity contribution is -0.105. The largest absolute Gasteiger partial charge is 0.425 e. The second kappa shape index (κ2) is 19.0. The third kappa shape index (κ3) is 42.7. The molecule has 0 radical (unpaired) electrons. The van der Waals surface area contributed by atoms with Gasteiger partial charge in [0.15, 0.2) is 0 Å². The Labute approximate surface area is 138 Å². The molecule has 0 heterocycles.